The minimum atomic E-state index is -0.206. The number of ether oxygens (including phenoxy) is 2. The maximum absolute atomic E-state index is 12.2. The SMILES string of the molecule is CN(C)CC=CC(=O)Nc1cccc(Oc2ccnc(N)c2-c2ccc(OCc3ccccc3)cc2)c1. The number of nitrogens with zero attached hydrogens (tertiary/aromatic N) is 2. The van der Waals surface area contributed by atoms with Gasteiger partial charge in [0.25, 0.3) is 0 Å². The number of carbonyl (C=O) groups is 1. The third-order valence-electron chi connectivity index (χ3n) is 5.40. The molecule has 1 amide bonds. The van der Waals surface area contributed by atoms with E-state index in [0.717, 1.165) is 16.9 Å². The lowest BCUT2D eigenvalue weighted by Crippen LogP contribution is -2.12. The first kappa shape index (κ1) is 25.5. The zero-order valence-corrected chi connectivity index (χ0v) is 20.9. The third kappa shape index (κ3) is 7.43. The van der Waals surface area contributed by atoms with Crippen LogP contribution in [-0.4, -0.2) is 36.4 Å². The first-order chi connectivity index (χ1) is 18.0. The Balaban J connectivity index is 1.47. The summed E-state index contributed by atoms with van der Waals surface area (Å²) in [6, 6.07) is 26.6. The second-order valence-electron chi connectivity index (χ2n) is 8.65. The molecule has 4 aromatic rings. The number of hydrogen-bond acceptors (Lipinski definition) is 6. The van der Waals surface area contributed by atoms with Gasteiger partial charge in [0.05, 0.1) is 5.56 Å². The monoisotopic (exact) mass is 494 g/mol. The molecule has 0 bridgehead atoms. The summed E-state index contributed by atoms with van der Waals surface area (Å²) in [7, 11) is 3.88. The highest BCUT2D eigenvalue weighted by Crippen LogP contribution is 2.37. The van der Waals surface area contributed by atoms with Gasteiger partial charge in [0.1, 0.15) is 29.7 Å². The van der Waals surface area contributed by atoms with Gasteiger partial charge in [-0.1, -0.05) is 54.6 Å². The van der Waals surface area contributed by atoms with Gasteiger partial charge in [-0.2, -0.15) is 0 Å². The van der Waals surface area contributed by atoms with Crippen molar-refractivity contribution in [3.8, 4) is 28.4 Å². The molecule has 4 rings (SSSR count). The van der Waals surface area contributed by atoms with Crippen molar-refractivity contribution in [1.82, 2.24) is 9.88 Å². The van der Waals surface area contributed by atoms with Crippen LogP contribution in [0.25, 0.3) is 11.1 Å². The molecule has 0 atom stereocenters. The summed E-state index contributed by atoms with van der Waals surface area (Å²) >= 11 is 0. The number of carbonyl (C=O) groups excluding carboxylic acids is 1. The van der Waals surface area contributed by atoms with Crippen LogP contribution in [0.1, 0.15) is 5.56 Å². The van der Waals surface area contributed by atoms with Crippen LogP contribution in [-0.2, 0) is 11.4 Å². The number of pyridine rings is 1. The molecule has 0 aliphatic carbocycles. The second-order valence-corrected chi connectivity index (χ2v) is 8.65. The van der Waals surface area contributed by atoms with Crippen LogP contribution < -0.4 is 20.5 Å². The van der Waals surface area contributed by atoms with Crippen molar-refractivity contribution >= 4 is 17.4 Å². The molecular weight excluding hydrogens is 464 g/mol. The molecule has 3 aromatic carbocycles. The molecular formula is C30H30N4O3. The number of nitrogens with one attached hydrogen (secondary N) is 1. The molecule has 7 nitrogen and oxygen atoms in total. The summed E-state index contributed by atoms with van der Waals surface area (Å²) in [6.07, 6.45) is 4.93. The zero-order valence-electron chi connectivity index (χ0n) is 20.9. The van der Waals surface area contributed by atoms with E-state index in [4.69, 9.17) is 15.2 Å². The van der Waals surface area contributed by atoms with E-state index in [2.05, 4.69) is 10.3 Å². The number of likely N-dealkylation sites (N-methyl/N-ethyl adjacent to an activating group) is 1. The van der Waals surface area contributed by atoms with E-state index in [-0.39, 0.29) is 5.91 Å². The molecule has 3 N–H and O–H groups in total. The molecule has 0 fully saturated rings. The van der Waals surface area contributed by atoms with Gasteiger partial charge in [0.15, 0.2) is 0 Å². The van der Waals surface area contributed by atoms with E-state index in [1.807, 2.05) is 85.7 Å². The van der Waals surface area contributed by atoms with E-state index < -0.39 is 0 Å². The zero-order chi connectivity index (χ0) is 26.0. The van der Waals surface area contributed by atoms with Crippen LogP contribution in [0, 0.1) is 0 Å². The lowest BCUT2D eigenvalue weighted by Gasteiger charge is -2.14. The van der Waals surface area contributed by atoms with Crippen LogP contribution in [0.5, 0.6) is 17.2 Å². The molecule has 37 heavy (non-hydrogen) atoms. The molecule has 0 aliphatic rings. The fourth-order valence-electron chi connectivity index (χ4n) is 3.61. The summed E-state index contributed by atoms with van der Waals surface area (Å²) in [5.41, 5.74) is 9.51. The second kappa shape index (κ2) is 12.4. The molecule has 1 aromatic heterocycles. The Morgan fingerprint density at radius 3 is 2.51 bits per heavy atom. The number of amides is 1. The molecule has 0 unspecified atom stereocenters. The Bertz CT molecular complexity index is 1350. The predicted molar refractivity (Wildman–Crippen MR) is 148 cm³/mol. The van der Waals surface area contributed by atoms with Crippen molar-refractivity contribution in [2.24, 2.45) is 0 Å². The molecule has 188 valence electrons. The molecule has 0 radical (unpaired) electrons. The topological polar surface area (TPSA) is 89.7 Å². The van der Waals surface area contributed by atoms with Crippen LogP contribution in [0.2, 0.25) is 0 Å². The normalized spacial score (nSPS) is 11.0. The summed E-state index contributed by atoms with van der Waals surface area (Å²) < 4.78 is 12.1. The van der Waals surface area contributed by atoms with Gasteiger partial charge in [0.2, 0.25) is 5.91 Å². The van der Waals surface area contributed by atoms with Crippen LogP contribution in [0.3, 0.4) is 0 Å². The van der Waals surface area contributed by atoms with Crippen molar-refractivity contribution in [1.29, 1.82) is 0 Å². The number of nitrogen functional groups attached to an aromatic ring is 1. The Labute approximate surface area is 217 Å². The molecule has 0 saturated heterocycles. The molecule has 7 heteroatoms. The first-order valence-electron chi connectivity index (χ1n) is 11.9. The van der Waals surface area contributed by atoms with E-state index in [1.54, 1.807) is 30.5 Å². The van der Waals surface area contributed by atoms with E-state index >= 15 is 0 Å². The quantitative estimate of drug-likeness (QED) is 0.273. The molecule has 0 saturated carbocycles. The minimum Gasteiger partial charge on any atom is -0.489 e. The average Bonchev–Trinajstić information content (AvgIpc) is 2.89. The number of rotatable bonds is 10. The summed E-state index contributed by atoms with van der Waals surface area (Å²) in [6.45, 7) is 1.17. The van der Waals surface area contributed by atoms with E-state index in [1.165, 1.54) is 6.08 Å². The van der Waals surface area contributed by atoms with Crippen LogP contribution in [0.4, 0.5) is 11.5 Å². The Morgan fingerprint density at radius 2 is 1.76 bits per heavy atom. The average molecular weight is 495 g/mol. The molecule has 1 heterocycles. The maximum atomic E-state index is 12.2. The number of benzene rings is 3. The van der Waals surface area contributed by atoms with Gasteiger partial charge in [-0.3, -0.25) is 4.79 Å². The van der Waals surface area contributed by atoms with E-state index in [9.17, 15) is 4.79 Å². The number of anilines is 2. The highest BCUT2D eigenvalue weighted by Gasteiger charge is 2.13. The molecule has 0 aliphatic heterocycles. The minimum absolute atomic E-state index is 0.206. The van der Waals surface area contributed by atoms with Crippen molar-refractivity contribution < 1.29 is 14.3 Å². The lowest BCUT2D eigenvalue weighted by molar-refractivity contribution is -0.111. The van der Waals surface area contributed by atoms with Crippen molar-refractivity contribution in [2.75, 3.05) is 31.7 Å². The van der Waals surface area contributed by atoms with Crippen molar-refractivity contribution in [3.05, 3.63) is 109 Å². The van der Waals surface area contributed by atoms with Crippen molar-refractivity contribution in [2.45, 2.75) is 6.61 Å². The van der Waals surface area contributed by atoms with E-state index in [0.29, 0.717) is 41.7 Å². The smallest absolute Gasteiger partial charge is 0.248 e. The van der Waals surface area contributed by atoms with Gasteiger partial charge < -0.3 is 25.4 Å². The predicted octanol–water partition coefficient (Wildman–Crippen LogP) is 5.76. The summed E-state index contributed by atoms with van der Waals surface area (Å²) in [5, 5.41) is 2.85. The molecule has 0 spiro atoms. The van der Waals surface area contributed by atoms with Gasteiger partial charge in [0, 0.05) is 30.6 Å². The van der Waals surface area contributed by atoms with Gasteiger partial charge in [-0.15, -0.1) is 0 Å². The number of aromatic nitrogens is 1. The van der Waals surface area contributed by atoms with Crippen LogP contribution in [0.15, 0.2) is 103 Å². The summed E-state index contributed by atoms with van der Waals surface area (Å²) in [4.78, 5) is 18.4. The van der Waals surface area contributed by atoms with Crippen molar-refractivity contribution in [3.63, 3.8) is 0 Å². The fraction of sp³-hybridized carbons (Fsp3) is 0.133. The largest absolute Gasteiger partial charge is 0.489 e. The van der Waals surface area contributed by atoms with Gasteiger partial charge in [-0.25, -0.2) is 4.98 Å². The Kier molecular flexibility index (Phi) is 8.52. The third-order valence-corrected chi connectivity index (χ3v) is 5.40. The number of hydrogen-bond donors (Lipinski definition) is 2. The van der Waals surface area contributed by atoms with Gasteiger partial charge in [-0.05, 0) is 55.6 Å². The maximum Gasteiger partial charge on any atom is 0.248 e. The Morgan fingerprint density at radius 1 is 0.973 bits per heavy atom. The standard InChI is InChI=1S/C30H30N4O3/c1-34(2)19-7-12-28(35)33-24-10-6-11-26(20-24)37-27-17-18-32-30(31)29(27)23-13-15-25(16-14-23)36-21-22-8-4-3-5-9-22/h3-18,20H,19,21H2,1-2H3,(H2,31,32)(H,33,35). The number of nitrogens with two attached hydrogens (primary N) is 1. The first-order valence-corrected chi connectivity index (χ1v) is 11.9. The lowest BCUT2D eigenvalue weighted by atomic mass is 10.1. The highest BCUT2D eigenvalue weighted by atomic mass is 16.5. The van der Waals surface area contributed by atoms with Gasteiger partial charge >= 0.3 is 0 Å². The Hall–Kier alpha value is -4.62. The fourth-order valence-corrected chi connectivity index (χ4v) is 3.61. The highest BCUT2D eigenvalue weighted by molar-refractivity contribution is 5.99. The summed E-state index contributed by atoms with van der Waals surface area (Å²) in [5.74, 6) is 2.01. The van der Waals surface area contributed by atoms with Crippen LogP contribution >= 0.6 is 0 Å².